The zero-order chi connectivity index (χ0) is 19.6. The van der Waals surface area contributed by atoms with Crippen LogP contribution >= 0.6 is 0 Å². The zero-order valence-electron chi connectivity index (χ0n) is 15.4. The van der Waals surface area contributed by atoms with Crippen LogP contribution in [0.3, 0.4) is 0 Å². The highest BCUT2D eigenvalue weighted by Crippen LogP contribution is 2.16. The van der Waals surface area contributed by atoms with Gasteiger partial charge in [-0.05, 0) is 23.3 Å². The molecule has 0 radical (unpaired) electrons. The third kappa shape index (κ3) is 6.18. The second-order valence-corrected chi connectivity index (χ2v) is 6.22. The first-order valence-electron chi connectivity index (χ1n) is 9.01. The van der Waals surface area contributed by atoms with Crippen molar-refractivity contribution in [2.45, 2.75) is 32.4 Å². The summed E-state index contributed by atoms with van der Waals surface area (Å²) >= 11 is 0. The largest absolute Gasteiger partial charge is 0.395 e. The smallest absolute Gasteiger partial charge is 0.243 e. The molecule has 0 saturated carbocycles. The van der Waals surface area contributed by atoms with Gasteiger partial charge in [-0.3, -0.25) is 9.59 Å². The maximum atomic E-state index is 13.2. The minimum absolute atomic E-state index is 0.120. The fourth-order valence-electron chi connectivity index (χ4n) is 2.84. The van der Waals surface area contributed by atoms with Crippen LogP contribution in [0.4, 0.5) is 4.39 Å². The van der Waals surface area contributed by atoms with E-state index in [0.717, 1.165) is 11.1 Å². The number of hydrogen-bond acceptors (Lipinski definition) is 3. The van der Waals surface area contributed by atoms with Crippen molar-refractivity contribution in [3.63, 3.8) is 0 Å². The number of halogens is 1. The molecule has 2 amide bonds. The topological polar surface area (TPSA) is 69.6 Å². The van der Waals surface area contributed by atoms with Crippen LogP contribution in [0.25, 0.3) is 0 Å². The minimum Gasteiger partial charge on any atom is -0.395 e. The molecule has 0 aromatic heterocycles. The Morgan fingerprint density at radius 1 is 1.07 bits per heavy atom. The Morgan fingerprint density at radius 3 is 2.33 bits per heavy atom. The third-order valence-corrected chi connectivity index (χ3v) is 4.25. The maximum Gasteiger partial charge on any atom is 0.243 e. The van der Waals surface area contributed by atoms with Crippen molar-refractivity contribution in [2.24, 2.45) is 0 Å². The van der Waals surface area contributed by atoms with E-state index in [1.165, 1.54) is 17.0 Å². The highest BCUT2D eigenvalue weighted by atomic mass is 19.1. The summed E-state index contributed by atoms with van der Waals surface area (Å²) in [7, 11) is 0. The Morgan fingerprint density at radius 2 is 1.74 bits per heavy atom. The van der Waals surface area contributed by atoms with Crippen LogP contribution in [0.2, 0.25) is 0 Å². The van der Waals surface area contributed by atoms with Crippen LogP contribution < -0.4 is 5.32 Å². The fourth-order valence-corrected chi connectivity index (χ4v) is 2.84. The summed E-state index contributed by atoms with van der Waals surface area (Å²) in [5.41, 5.74) is 1.67. The first-order valence-corrected chi connectivity index (χ1v) is 9.01. The van der Waals surface area contributed by atoms with E-state index in [2.05, 4.69) is 5.32 Å². The van der Waals surface area contributed by atoms with Gasteiger partial charge in [0.2, 0.25) is 11.8 Å². The number of rotatable bonds is 9. The first kappa shape index (κ1) is 20.6. The Labute approximate surface area is 158 Å². The Hall–Kier alpha value is -2.73. The van der Waals surface area contributed by atoms with Gasteiger partial charge in [0.05, 0.1) is 6.61 Å². The number of amides is 2. The molecule has 0 fully saturated rings. The van der Waals surface area contributed by atoms with Crippen LogP contribution in [0.15, 0.2) is 54.6 Å². The van der Waals surface area contributed by atoms with E-state index < -0.39 is 6.04 Å². The van der Waals surface area contributed by atoms with Crippen molar-refractivity contribution in [3.05, 3.63) is 71.5 Å². The van der Waals surface area contributed by atoms with Crippen molar-refractivity contribution < 1.29 is 19.1 Å². The van der Waals surface area contributed by atoms with Crippen molar-refractivity contribution >= 4 is 11.8 Å². The quantitative estimate of drug-likeness (QED) is 0.710. The molecule has 0 aliphatic rings. The molecule has 0 heterocycles. The molecule has 2 aromatic carbocycles. The predicted molar refractivity (Wildman–Crippen MR) is 101 cm³/mol. The maximum absolute atomic E-state index is 13.2. The number of aliphatic hydroxyl groups excluding tert-OH is 1. The molecule has 2 N–H and O–H groups in total. The van der Waals surface area contributed by atoms with E-state index in [-0.39, 0.29) is 43.7 Å². The number of carbonyl (C=O) groups excluding carboxylic acids is 2. The van der Waals surface area contributed by atoms with Crippen molar-refractivity contribution in [1.82, 2.24) is 10.2 Å². The Bertz CT molecular complexity index is 735. The molecule has 0 aliphatic heterocycles. The van der Waals surface area contributed by atoms with E-state index in [1.54, 1.807) is 19.1 Å². The van der Waals surface area contributed by atoms with Crippen molar-refractivity contribution in [1.29, 1.82) is 0 Å². The van der Waals surface area contributed by atoms with Crippen molar-refractivity contribution in [3.8, 4) is 0 Å². The molecular formula is C21H25FN2O3. The number of carbonyl (C=O) groups is 2. The molecule has 27 heavy (non-hydrogen) atoms. The van der Waals surface area contributed by atoms with E-state index in [1.807, 2.05) is 30.3 Å². The van der Waals surface area contributed by atoms with Gasteiger partial charge in [-0.25, -0.2) is 4.39 Å². The number of aliphatic hydroxyl groups is 1. The summed E-state index contributed by atoms with van der Waals surface area (Å²) in [5, 5.41) is 11.7. The average molecular weight is 372 g/mol. The minimum atomic E-state index is -0.726. The molecule has 1 unspecified atom stereocenters. The number of hydrogen-bond donors (Lipinski definition) is 2. The van der Waals surface area contributed by atoms with E-state index in [9.17, 15) is 14.0 Å². The summed E-state index contributed by atoms with van der Waals surface area (Å²) < 4.78 is 13.2. The number of benzene rings is 2. The highest BCUT2D eigenvalue weighted by molar-refractivity contribution is 5.87. The lowest BCUT2D eigenvalue weighted by Crippen LogP contribution is -2.50. The zero-order valence-corrected chi connectivity index (χ0v) is 15.4. The molecule has 1 atom stereocenters. The van der Waals surface area contributed by atoms with Gasteiger partial charge in [-0.1, -0.05) is 49.4 Å². The summed E-state index contributed by atoms with van der Waals surface area (Å²) in [5.74, 6) is -0.843. The van der Waals surface area contributed by atoms with Crippen LogP contribution in [-0.2, 0) is 22.6 Å². The van der Waals surface area contributed by atoms with Gasteiger partial charge in [0.1, 0.15) is 11.9 Å². The number of nitrogens with zero attached hydrogens (tertiary/aromatic N) is 1. The van der Waals surface area contributed by atoms with E-state index in [0.29, 0.717) is 6.42 Å². The lowest BCUT2D eigenvalue weighted by atomic mass is 10.0. The van der Waals surface area contributed by atoms with Gasteiger partial charge in [0, 0.05) is 25.9 Å². The molecule has 2 aromatic rings. The molecule has 2 rings (SSSR count). The molecule has 0 spiro atoms. The molecule has 5 nitrogen and oxygen atoms in total. The normalized spacial score (nSPS) is 11.7. The summed E-state index contributed by atoms with van der Waals surface area (Å²) in [6, 6.07) is 14.6. The molecule has 0 saturated heterocycles. The van der Waals surface area contributed by atoms with Gasteiger partial charge < -0.3 is 15.3 Å². The van der Waals surface area contributed by atoms with E-state index in [4.69, 9.17) is 5.11 Å². The van der Waals surface area contributed by atoms with Gasteiger partial charge in [-0.2, -0.15) is 0 Å². The van der Waals surface area contributed by atoms with E-state index >= 15 is 0 Å². The van der Waals surface area contributed by atoms with Crippen molar-refractivity contribution in [2.75, 3.05) is 13.2 Å². The Balaban J connectivity index is 2.30. The monoisotopic (exact) mass is 372 g/mol. The van der Waals surface area contributed by atoms with Gasteiger partial charge >= 0.3 is 0 Å². The van der Waals surface area contributed by atoms with Gasteiger partial charge in [0.25, 0.3) is 0 Å². The SMILES string of the molecule is CCC(=O)N(Cc1ccc(F)cc1)C(Cc1ccccc1)C(=O)NCCO. The number of nitrogens with one attached hydrogen (secondary N) is 1. The second kappa shape index (κ2) is 10.4. The van der Waals surface area contributed by atoms with Crippen LogP contribution in [0.1, 0.15) is 24.5 Å². The fraction of sp³-hybridized carbons (Fsp3) is 0.333. The summed E-state index contributed by atoms with van der Waals surface area (Å²) in [6.07, 6.45) is 0.602. The molecule has 0 bridgehead atoms. The third-order valence-electron chi connectivity index (χ3n) is 4.25. The standard InChI is InChI=1S/C21H25FN2O3/c1-2-20(26)24(15-17-8-10-18(22)11-9-17)19(21(27)23-12-13-25)14-16-6-4-3-5-7-16/h3-11,19,25H,2,12-15H2,1H3,(H,23,27). The molecular weight excluding hydrogens is 347 g/mol. The van der Waals surface area contributed by atoms with Gasteiger partial charge in [0.15, 0.2) is 0 Å². The molecule has 0 aliphatic carbocycles. The van der Waals surface area contributed by atoms with Crippen LogP contribution in [-0.4, -0.2) is 41.0 Å². The summed E-state index contributed by atoms with van der Waals surface area (Å²) in [4.78, 5) is 26.9. The predicted octanol–water partition coefficient (Wildman–Crippen LogP) is 2.28. The lowest BCUT2D eigenvalue weighted by molar-refractivity contribution is -0.141. The molecule has 6 heteroatoms. The van der Waals surface area contributed by atoms with Crippen LogP contribution in [0.5, 0.6) is 0 Å². The average Bonchev–Trinajstić information content (AvgIpc) is 2.70. The second-order valence-electron chi connectivity index (χ2n) is 6.22. The van der Waals surface area contributed by atoms with Crippen LogP contribution in [0, 0.1) is 5.82 Å². The first-order chi connectivity index (χ1) is 13.0. The highest BCUT2D eigenvalue weighted by Gasteiger charge is 2.29. The van der Waals surface area contributed by atoms with Gasteiger partial charge in [-0.15, -0.1) is 0 Å². The summed E-state index contributed by atoms with van der Waals surface area (Å²) in [6.45, 7) is 1.89. The lowest BCUT2D eigenvalue weighted by Gasteiger charge is -2.31. The Kier molecular flexibility index (Phi) is 7.95. The molecule has 144 valence electrons.